The lowest BCUT2D eigenvalue weighted by Gasteiger charge is -2.10. The summed E-state index contributed by atoms with van der Waals surface area (Å²) in [4.78, 5) is -0.198. The van der Waals surface area contributed by atoms with E-state index in [9.17, 15) is 17.2 Å². The van der Waals surface area contributed by atoms with E-state index in [0.717, 1.165) is 0 Å². The molecule has 3 nitrogen and oxygen atoms in total. The molecule has 3 rings (SSSR count). The molecule has 0 bridgehead atoms. The summed E-state index contributed by atoms with van der Waals surface area (Å²) in [7, 11) is -4.00. The standard InChI is InChI=1S/C20H12ClF2NO2S/c21-16-6-13(11-24)7-17(9-16)27(25,26)12-15-8-18(20(23)10-19(15)22)14-4-2-1-3-5-14/h1-10H,12H2. The average molecular weight is 404 g/mol. The maximum Gasteiger partial charge on any atom is 0.182 e. The molecule has 0 N–H and O–H groups in total. The van der Waals surface area contributed by atoms with Gasteiger partial charge in [-0.05, 0) is 29.8 Å². The predicted octanol–water partition coefficient (Wildman–Crippen LogP) is 5.13. The van der Waals surface area contributed by atoms with Crippen molar-refractivity contribution in [1.29, 1.82) is 5.26 Å². The second-order valence-corrected chi connectivity index (χ2v) is 8.26. The number of halogens is 3. The summed E-state index contributed by atoms with van der Waals surface area (Å²) in [5.74, 6) is -2.43. The molecule has 0 saturated carbocycles. The van der Waals surface area contributed by atoms with Crippen LogP contribution in [0.1, 0.15) is 11.1 Å². The Hall–Kier alpha value is -2.75. The molecular formula is C20H12ClF2NO2S. The van der Waals surface area contributed by atoms with Gasteiger partial charge in [-0.3, -0.25) is 0 Å². The molecule has 0 unspecified atom stereocenters. The van der Waals surface area contributed by atoms with Gasteiger partial charge >= 0.3 is 0 Å². The summed E-state index contributed by atoms with van der Waals surface area (Å²) < 4.78 is 53.8. The maximum atomic E-state index is 14.2. The molecule has 0 fully saturated rings. The number of nitrogens with zero attached hydrogens (tertiary/aromatic N) is 1. The summed E-state index contributed by atoms with van der Waals surface area (Å²) in [6.45, 7) is 0. The van der Waals surface area contributed by atoms with Crippen molar-refractivity contribution in [2.45, 2.75) is 10.6 Å². The summed E-state index contributed by atoms with van der Waals surface area (Å²) in [5.41, 5.74) is 0.508. The minimum Gasteiger partial charge on any atom is -0.223 e. The molecule has 0 atom stereocenters. The quantitative estimate of drug-likeness (QED) is 0.606. The second kappa shape index (κ2) is 7.47. The highest BCUT2D eigenvalue weighted by atomic mass is 35.5. The molecule has 0 aliphatic carbocycles. The van der Waals surface area contributed by atoms with Crippen LogP contribution in [0.4, 0.5) is 8.78 Å². The van der Waals surface area contributed by atoms with E-state index in [4.69, 9.17) is 16.9 Å². The van der Waals surface area contributed by atoms with Gasteiger partial charge in [-0.1, -0.05) is 41.9 Å². The molecule has 0 saturated heterocycles. The van der Waals surface area contributed by atoms with Crippen molar-refractivity contribution in [3.05, 3.63) is 88.4 Å². The third-order valence-corrected chi connectivity index (χ3v) is 5.79. The minimum atomic E-state index is -4.00. The first-order chi connectivity index (χ1) is 12.8. The molecule has 136 valence electrons. The Morgan fingerprint density at radius 1 is 0.963 bits per heavy atom. The SMILES string of the molecule is N#Cc1cc(Cl)cc(S(=O)(=O)Cc2cc(-c3ccccc3)c(F)cc2F)c1. The predicted molar refractivity (Wildman–Crippen MR) is 98.9 cm³/mol. The zero-order valence-electron chi connectivity index (χ0n) is 13.8. The van der Waals surface area contributed by atoms with Crippen LogP contribution in [0, 0.1) is 23.0 Å². The number of sulfone groups is 1. The fourth-order valence-corrected chi connectivity index (χ4v) is 4.35. The molecular weight excluding hydrogens is 392 g/mol. The van der Waals surface area contributed by atoms with Crippen LogP contribution in [0.3, 0.4) is 0 Å². The first kappa shape index (κ1) is 19.0. The summed E-state index contributed by atoms with van der Waals surface area (Å²) in [6.07, 6.45) is 0. The van der Waals surface area contributed by atoms with Crippen molar-refractivity contribution in [1.82, 2.24) is 0 Å². The number of hydrogen-bond donors (Lipinski definition) is 0. The third-order valence-electron chi connectivity index (χ3n) is 3.93. The zero-order chi connectivity index (χ0) is 19.6. The van der Waals surface area contributed by atoms with E-state index in [2.05, 4.69) is 0 Å². The van der Waals surface area contributed by atoms with Gasteiger partial charge in [0.1, 0.15) is 11.6 Å². The maximum absolute atomic E-state index is 14.2. The number of hydrogen-bond acceptors (Lipinski definition) is 3. The molecule has 0 aliphatic rings. The Morgan fingerprint density at radius 3 is 2.33 bits per heavy atom. The van der Waals surface area contributed by atoms with Crippen molar-refractivity contribution < 1.29 is 17.2 Å². The lowest BCUT2D eigenvalue weighted by molar-refractivity contribution is 0.571. The Labute approximate surface area is 160 Å². The minimum absolute atomic E-state index is 0.0747. The van der Waals surface area contributed by atoms with E-state index in [1.54, 1.807) is 30.3 Å². The van der Waals surface area contributed by atoms with Gasteiger partial charge in [0.2, 0.25) is 0 Å². The van der Waals surface area contributed by atoms with Crippen LogP contribution in [0.25, 0.3) is 11.1 Å². The van der Waals surface area contributed by atoms with Crippen LogP contribution in [-0.2, 0) is 15.6 Å². The first-order valence-corrected chi connectivity index (χ1v) is 9.80. The van der Waals surface area contributed by atoms with E-state index >= 15 is 0 Å². The van der Waals surface area contributed by atoms with Crippen LogP contribution < -0.4 is 0 Å². The van der Waals surface area contributed by atoms with Gasteiger partial charge in [-0.2, -0.15) is 5.26 Å². The molecule has 3 aromatic rings. The fourth-order valence-electron chi connectivity index (χ4n) is 2.64. The Kier molecular flexibility index (Phi) is 5.26. The van der Waals surface area contributed by atoms with Gasteiger partial charge in [0.25, 0.3) is 0 Å². The zero-order valence-corrected chi connectivity index (χ0v) is 15.4. The van der Waals surface area contributed by atoms with Crippen LogP contribution in [0.2, 0.25) is 5.02 Å². The highest BCUT2D eigenvalue weighted by Gasteiger charge is 2.21. The molecule has 27 heavy (non-hydrogen) atoms. The van der Waals surface area contributed by atoms with E-state index in [1.165, 1.54) is 24.3 Å². The van der Waals surface area contributed by atoms with E-state index in [-0.39, 0.29) is 26.6 Å². The van der Waals surface area contributed by atoms with Crippen molar-refractivity contribution in [3.63, 3.8) is 0 Å². The van der Waals surface area contributed by atoms with E-state index in [0.29, 0.717) is 11.6 Å². The van der Waals surface area contributed by atoms with Crippen LogP contribution in [0.15, 0.2) is 65.6 Å². The molecule has 0 radical (unpaired) electrons. The highest BCUT2D eigenvalue weighted by molar-refractivity contribution is 7.90. The van der Waals surface area contributed by atoms with Gasteiger partial charge in [-0.25, -0.2) is 17.2 Å². The average Bonchev–Trinajstić information content (AvgIpc) is 2.64. The van der Waals surface area contributed by atoms with Gasteiger partial charge in [0.05, 0.1) is 22.3 Å². The van der Waals surface area contributed by atoms with Crippen molar-refractivity contribution in [3.8, 4) is 17.2 Å². The molecule has 0 aromatic heterocycles. The van der Waals surface area contributed by atoms with Crippen LogP contribution in [-0.4, -0.2) is 8.42 Å². The largest absolute Gasteiger partial charge is 0.223 e. The van der Waals surface area contributed by atoms with E-state index < -0.39 is 27.2 Å². The lowest BCUT2D eigenvalue weighted by atomic mass is 10.0. The second-order valence-electron chi connectivity index (χ2n) is 5.84. The van der Waals surface area contributed by atoms with Crippen LogP contribution >= 0.6 is 11.6 Å². The van der Waals surface area contributed by atoms with Crippen molar-refractivity contribution >= 4 is 21.4 Å². The molecule has 0 amide bonds. The summed E-state index contributed by atoms with van der Waals surface area (Å²) >= 11 is 5.86. The lowest BCUT2D eigenvalue weighted by Crippen LogP contribution is -2.08. The number of benzene rings is 3. The Bertz CT molecular complexity index is 1160. The van der Waals surface area contributed by atoms with Gasteiger partial charge in [0.15, 0.2) is 9.84 Å². The monoisotopic (exact) mass is 403 g/mol. The smallest absolute Gasteiger partial charge is 0.182 e. The topological polar surface area (TPSA) is 57.9 Å². The fraction of sp³-hybridized carbons (Fsp3) is 0.0500. The van der Waals surface area contributed by atoms with Gasteiger partial charge < -0.3 is 0 Å². The molecule has 0 heterocycles. The number of nitriles is 1. The third kappa shape index (κ3) is 4.16. The Balaban J connectivity index is 2.05. The van der Waals surface area contributed by atoms with Crippen molar-refractivity contribution in [2.24, 2.45) is 0 Å². The first-order valence-electron chi connectivity index (χ1n) is 7.77. The van der Waals surface area contributed by atoms with Crippen molar-refractivity contribution in [2.75, 3.05) is 0 Å². The van der Waals surface area contributed by atoms with Crippen LogP contribution in [0.5, 0.6) is 0 Å². The Morgan fingerprint density at radius 2 is 1.67 bits per heavy atom. The highest BCUT2D eigenvalue weighted by Crippen LogP contribution is 2.28. The molecule has 0 spiro atoms. The van der Waals surface area contributed by atoms with E-state index in [1.807, 2.05) is 6.07 Å². The molecule has 7 heteroatoms. The summed E-state index contributed by atoms with van der Waals surface area (Å²) in [5, 5.41) is 9.05. The molecule has 0 aliphatic heterocycles. The number of rotatable bonds is 4. The molecule has 3 aromatic carbocycles. The normalized spacial score (nSPS) is 11.2. The van der Waals surface area contributed by atoms with Gasteiger partial charge in [-0.15, -0.1) is 0 Å². The summed E-state index contributed by atoms with van der Waals surface area (Å²) in [6, 6.07) is 15.8. The van der Waals surface area contributed by atoms with Gasteiger partial charge in [0, 0.05) is 22.2 Å².